The van der Waals surface area contributed by atoms with Crippen LogP contribution in [-0.2, 0) is 14.6 Å². The molecule has 1 N–H and O–H groups in total. The van der Waals surface area contributed by atoms with E-state index in [-0.39, 0.29) is 23.5 Å². The highest BCUT2D eigenvalue weighted by atomic mass is 32.2. The average Bonchev–Trinajstić information content (AvgIpc) is 3.14. The van der Waals surface area contributed by atoms with E-state index in [1.165, 1.54) is 5.57 Å². The summed E-state index contributed by atoms with van der Waals surface area (Å²) in [5.41, 5.74) is 4.18. The minimum atomic E-state index is -3.10. The number of rotatable bonds is 7. The van der Waals surface area contributed by atoms with Gasteiger partial charge in [-0.1, -0.05) is 57.0 Å². The Morgan fingerprint density at radius 3 is 2.70 bits per heavy atom. The van der Waals surface area contributed by atoms with Gasteiger partial charge in [0, 0.05) is 5.56 Å². The lowest BCUT2D eigenvalue weighted by molar-refractivity contribution is 0.117. The van der Waals surface area contributed by atoms with Crippen LogP contribution in [0.1, 0.15) is 52.0 Å². The molecular weight excluding hydrogens is 360 g/mol. The summed E-state index contributed by atoms with van der Waals surface area (Å²) < 4.78 is 30.8. The molecule has 0 radical (unpaired) electrons. The van der Waals surface area contributed by atoms with Gasteiger partial charge in [-0.15, -0.1) is 0 Å². The van der Waals surface area contributed by atoms with Crippen molar-refractivity contribution in [3.8, 4) is 5.75 Å². The third-order valence-corrected chi connectivity index (χ3v) is 7.57. The third-order valence-electron chi connectivity index (χ3n) is 5.60. The number of aromatic hydroxyl groups is 1. The Morgan fingerprint density at radius 1 is 1.30 bits per heavy atom. The van der Waals surface area contributed by atoms with Gasteiger partial charge in [-0.05, 0) is 42.4 Å². The van der Waals surface area contributed by atoms with Gasteiger partial charge in [-0.2, -0.15) is 0 Å². The van der Waals surface area contributed by atoms with Crippen molar-refractivity contribution in [2.24, 2.45) is 5.92 Å². The molecule has 1 saturated heterocycles. The number of phenols is 1. The summed E-state index contributed by atoms with van der Waals surface area (Å²) in [5.74, 6) is 0.714. The number of ether oxygens (including phenoxy) is 1. The zero-order valence-corrected chi connectivity index (χ0v) is 17.3. The molecule has 2 heterocycles. The normalized spacial score (nSPS) is 24.7. The summed E-state index contributed by atoms with van der Waals surface area (Å²) in [7, 11) is -3.10. The maximum absolute atomic E-state index is 12.5. The van der Waals surface area contributed by atoms with Crippen molar-refractivity contribution < 1.29 is 18.3 Å². The van der Waals surface area contributed by atoms with Crippen LogP contribution >= 0.6 is 0 Å². The number of phenolic OH excluding ortho intramolecular Hbond substituents is 1. The van der Waals surface area contributed by atoms with E-state index in [0.29, 0.717) is 6.61 Å². The highest BCUT2D eigenvalue weighted by Gasteiger charge is 2.47. The zero-order chi connectivity index (χ0) is 19.6. The lowest BCUT2D eigenvalue weighted by atomic mass is 9.91. The minimum Gasteiger partial charge on any atom is -0.507 e. The molecule has 0 aliphatic carbocycles. The summed E-state index contributed by atoms with van der Waals surface area (Å²) in [6.45, 7) is 6.57. The number of hydrogen-bond acceptors (Lipinski definition) is 4. The van der Waals surface area contributed by atoms with E-state index < -0.39 is 15.1 Å². The number of fused-ring (bicyclic) bond motifs is 1. The summed E-state index contributed by atoms with van der Waals surface area (Å²) in [4.78, 5) is 0. The van der Waals surface area contributed by atoms with Crippen LogP contribution in [-0.4, -0.2) is 37.2 Å². The second-order valence-electron chi connectivity index (χ2n) is 7.90. The molecule has 0 amide bonds. The van der Waals surface area contributed by atoms with Gasteiger partial charge in [0.25, 0.3) is 0 Å². The predicted molar refractivity (Wildman–Crippen MR) is 109 cm³/mol. The summed E-state index contributed by atoms with van der Waals surface area (Å²) in [5, 5.41) is 9.61. The molecule has 0 aromatic heterocycles. The molecule has 27 heavy (non-hydrogen) atoms. The standard InChI is InChI=1S/C22H30O4S/c1-4-7-16(12-17-8-5-6-9-19(17)23)10-11-20-22-18(15(2)3)14-27(24,25)21(22)13-26-20/h5-6,8-9,12,15,20-21,23H,4,7,10-11,13-14H2,1-3H3/b16-12+/t20-,21+/m1/s1. The van der Waals surface area contributed by atoms with Gasteiger partial charge in [0.2, 0.25) is 0 Å². The number of sulfone groups is 1. The molecule has 0 bridgehead atoms. The van der Waals surface area contributed by atoms with Crippen LogP contribution < -0.4 is 0 Å². The SMILES string of the molecule is CCC/C(=C\c1ccccc1O)CC[C@H]1OC[C@H]2C1=C(C(C)C)CS2(=O)=O. The van der Waals surface area contributed by atoms with Crippen molar-refractivity contribution in [2.75, 3.05) is 12.4 Å². The molecule has 1 fully saturated rings. The van der Waals surface area contributed by atoms with Crippen molar-refractivity contribution in [2.45, 2.75) is 57.8 Å². The fourth-order valence-corrected chi connectivity index (χ4v) is 6.29. The van der Waals surface area contributed by atoms with E-state index in [2.05, 4.69) is 26.8 Å². The van der Waals surface area contributed by atoms with E-state index in [9.17, 15) is 13.5 Å². The van der Waals surface area contributed by atoms with Crippen molar-refractivity contribution in [1.82, 2.24) is 0 Å². The first-order valence-electron chi connectivity index (χ1n) is 9.87. The van der Waals surface area contributed by atoms with Crippen molar-refractivity contribution in [1.29, 1.82) is 0 Å². The maximum atomic E-state index is 12.5. The zero-order valence-electron chi connectivity index (χ0n) is 16.4. The predicted octanol–water partition coefficient (Wildman–Crippen LogP) is 4.50. The average molecular weight is 391 g/mol. The largest absolute Gasteiger partial charge is 0.507 e. The Balaban J connectivity index is 1.78. The maximum Gasteiger partial charge on any atom is 0.163 e. The second-order valence-corrected chi connectivity index (χ2v) is 10.1. The van der Waals surface area contributed by atoms with Crippen LogP contribution in [0.25, 0.3) is 6.08 Å². The Hall–Kier alpha value is -1.59. The number of hydrogen-bond donors (Lipinski definition) is 1. The van der Waals surface area contributed by atoms with Crippen LogP contribution in [0, 0.1) is 5.92 Å². The molecular formula is C22H30O4S. The van der Waals surface area contributed by atoms with Crippen LogP contribution in [0.3, 0.4) is 0 Å². The smallest absolute Gasteiger partial charge is 0.163 e. The van der Waals surface area contributed by atoms with Crippen LogP contribution in [0.15, 0.2) is 41.0 Å². The highest BCUT2D eigenvalue weighted by Crippen LogP contribution is 2.41. The number of para-hydroxylation sites is 1. The van der Waals surface area contributed by atoms with E-state index in [4.69, 9.17) is 4.74 Å². The molecule has 0 saturated carbocycles. The van der Waals surface area contributed by atoms with Gasteiger partial charge in [0.05, 0.1) is 18.5 Å². The molecule has 148 valence electrons. The number of benzene rings is 1. The van der Waals surface area contributed by atoms with E-state index in [0.717, 1.165) is 42.4 Å². The molecule has 1 aromatic rings. The first-order chi connectivity index (χ1) is 12.8. The van der Waals surface area contributed by atoms with Gasteiger partial charge < -0.3 is 9.84 Å². The van der Waals surface area contributed by atoms with Crippen LogP contribution in [0.2, 0.25) is 0 Å². The third kappa shape index (κ3) is 4.30. The van der Waals surface area contributed by atoms with Crippen LogP contribution in [0.4, 0.5) is 0 Å². The van der Waals surface area contributed by atoms with E-state index in [1.54, 1.807) is 6.07 Å². The first-order valence-corrected chi connectivity index (χ1v) is 11.6. The first kappa shape index (κ1) is 20.2. The summed E-state index contributed by atoms with van der Waals surface area (Å²) >= 11 is 0. The molecule has 0 spiro atoms. The lowest BCUT2D eigenvalue weighted by Gasteiger charge is -2.17. The molecule has 4 nitrogen and oxygen atoms in total. The molecule has 2 atom stereocenters. The summed E-state index contributed by atoms with van der Waals surface area (Å²) in [6, 6.07) is 7.35. The minimum absolute atomic E-state index is 0.102. The van der Waals surface area contributed by atoms with Gasteiger partial charge in [-0.3, -0.25) is 0 Å². The summed E-state index contributed by atoms with van der Waals surface area (Å²) in [6.07, 6.45) is 5.58. The second kappa shape index (κ2) is 8.19. The molecule has 3 rings (SSSR count). The van der Waals surface area contributed by atoms with Crippen molar-refractivity contribution in [3.63, 3.8) is 0 Å². The van der Waals surface area contributed by atoms with Crippen LogP contribution in [0.5, 0.6) is 5.75 Å². The highest BCUT2D eigenvalue weighted by molar-refractivity contribution is 7.92. The Labute approximate surface area is 162 Å². The topological polar surface area (TPSA) is 63.6 Å². The van der Waals surface area contributed by atoms with Gasteiger partial charge in [-0.25, -0.2) is 8.42 Å². The van der Waals surface area contributed by atoms with E-state index in [1.807, 2.05) is 18.2 Å². The number of allylic oxidation sites excluding steroid dienone is 1. The fraction of sp³-hybridized carbons (Fsp3) is 0.545. The van der Waals surface area contributed by atoms with Crippen molar-refractivity contribution in [3.05, 3.63) is 46.5 Å². The Morgan fingerprint density at radius 2 is 2.04 bits per heavy atom. The van der Waals surface area contributed by atoms with Gasteiger partial charge >= 0.3 is 0 Å². The van der Waals surface area contributed by atoms with E-state index >= 15 is 0 Å². The monoisotopic (exact) mass is 390 g/mol. The molecule has 2 aliphatic heterocycles. The molecule has 5 heteroatoms. The lowest BCUT2D eigenvalue weighted by Crippen LogP contribution is -2.19. The molecule has 1 aromatic carbocycles. The fourth-order valence-electron chi connectivity index (χ4n) is 4.18. The van der Waals surface area contributed by atoms with Gasteiger partial charge in [0.15, 0.2) is 9.84 Å². The van der Waals surface area contributed by atoms with Gasteiger partial charge in [0.1, 0.15) is 11.0 Å². The Kier molecular flexibility index (Phi) is 6.11. The molecule has 2 aliphatic rings. The Bertz CT molecular complexity index is 849. The quantitative estimate of drug-likeness (QED) is 0.696. The molecule has 0 unspecified atom stereocenters. The van der Waals surface area contributed by atoms with Crippen molar-refractivity contribution >= 4 is 15.9 Å².